The molecule has 2 aliphatic rings. The molecule has 0 spiro atoms. The average Bonchev–Trinajstić information content (AvgIpc) is 2.47. The second kappa shape index (κ2) is 5.06. The third kappa shape index (κ3) is 2.12. The lowest BCUT2D eigenvalue weighted by molar-refractivity contribution is 0.414. The quantitative estimate of drug-likeness (QED) is 0.829. The Hall–Kier alpha value is -1.42. The number of aryl methyl sites for hydroxylation is 1. The van der Waals surface area contributed by atoms with Crippen molar-refractivity contribution in [2.24, 2.45) is 0 Å². The Morgan fingerprint density at radius 2 is 2.00 bits per heavy atom. The summed E-state index contributed by atoms with van der Waals surface area (Å²) in [5.41, 5.74) is 4.03. The molecular formula is C14H21N3O. The highest BCUT2D eigenvalue weighted by Gasteiger charge is 2.20. The van der Waals surface area contributed by atoms with Gasteiger partial charge in [0.1, 0.15) is 5.75 Å². The van der Waals surface area contributed by atoms with E-state index in [0.29, 0.717) is 0 Å². The van der Waals surface area contributed by atoms with Gasteiger partial charge in [0, 0.05) is 38.8 Å². The van der Waals surface area contributed by atoms with Crippen molar-refractivity contribution in [1.82, 2.24) is 5.32 Å². The summed E-state index contributed by atoms with van der Waals surface area (Å²) in [6, 6.07) is 4.34. The molecule has 98 valence electrons. The van der Waals surface area contributed by atoms with Crippen molar-refractivity contribution in [1.29, 1.82) is 0 Å². The van der Waals surface area contributed by atoms with E-state index in [-0.39, 0.29) is 0 Å². The van der Waals surface area contributed by atoms with E-state index >= 15 is 0 Å². The molecule has 0 atom stereocenters. The fraction of sp³-hybridized carbons (Fsp3) is 0.571. The van der Waals surface area contributed by atoms with Crippen LogP contribution >= 0.6 is 0 Å². The molecule has 2 heterocycles. The molecule has 1 aromatic rings. The van der Waals surface area contributed by atoms with Gasteiger partial charge in [-0.2, -0.15) is 0 Å². The zero-order chi connectivity index (χ0) is 12.4. The van der Waals surface area contributed by atoms with Crippen LogP contribution in [0.25, 0.3) is 0 Å². The first-order chi connectivity index (χ1) is 8.88. The van der Waals surface area contributed by atoms with Crippen molar-refractivity contribution in [3.8, 4) is 5.75 Å². The van der Waals surface area contributed by atoms with Gasteiger partial charge in [-0.25, -0.2) is 0 Å². The molecule has 0 radical (unpaired) electrons. The number of methoxy groups -OCH3 is 1. The Bertz CT molecular complexity index is 427. The van der Waals surface area contributed by atoms with E-state index in [1.54, 1.807) is 7.11 Å². The lowest BCUT2D eigenvalue weighted by atomic mass is 10.0. The highest BCUT2D eigenvalue weighted by atomic mass is 16.5. The van der Waals surface area contributed by atoms with Crippen LogP contribution in [0.3, 0.4) is 0 Å². The van der Waals surface area contributed by atoms with Crippen LogP contribution in [0.15, 0.2) is 12.1 Å². The minimum atomic E-state index is 0.978. The molecule has 18 heavy (non-hydrogen) atoms. The second-order valence-electron chi connectivity index (χ2n) is 4.95. The Balaban J connectivity index is 1.99. The van der Waals surface area contributed by atoms with Crippen LogP contribution in [0.5, 0.6) is 5.75 Å². The SMILES string of the molecule is COc1cc2c(c(N3CCNCC3)c1)NCCC2. The first-order valence-electron chi connectivity index (χ1n) is 6.79. The number of fused-ring (bicyclic) bond motifs is 1. The molecule has 0 saturated carbocycles. The smallest absolute Gasteiger partial charge is 0.121 e. The highest BCUT2D eigenvalue weighted by Crippen LogP contribution is 2.37. The molecule has 0 amide bonds. The number of nitrogens with zero attached hydrogens (tertiary/aromatic N) is 1. The van der Waals surface area contributed by atoms with Crippen LogP contribution in [-0.4, -0.2) is 39.8 Å². The molecule has 1 aromatic carbocycles. The summed E-state index contributed by atoms with van der Waals surface area (Å²) in [5, 5.41) is 6.96. The Labute approximate surface area is 108 Å². The third-order valence-corrected chi connectivity index (χ3v) is 3.79. The first-order valence-corrected chi connectivity index (χ1v) is 6.79. The molecule has 2 aliphatic heterocycles. The molecule has 1 saturated heterocycles. The summed E-state index contributed by atoms with van der Waals surface area (Å²) in [4.78, 5) is 2.45. The summed E-state index contributed by atoms with van der Waals surface area (Å²) in [7, 11) is 1.75. The normalized spacial score (nSPS) is 19.1. The minimum Gasteiger partial charge on any atom is -0.497 e. The largest absolute Gasteiger partial charge is 0.497 e. The molecule has 0 unspecified atom stereocenters. The molecule has 4 nitrogen and oxygen atoms in total. The van der Waals surface area contributed by atoms with Gasteiger partial charge in [0.25, 0.3) is 0 Å². The standard InChI is InChI=1S/C14H21N3O/c1-18-12-9-11-3-2-4-16-14(11)13(10-12)17-7-5-15-6-8-17/h9-10,15-16H,2-8H2,1H3. The Morgan fingerprint density at radius 1 is 1.17 bits per heavy atom. The van der Waals surface area contributed by atoms with Crippen molar-refractivity contribution in [3.63, 3.8) is 0 Å². The molecule has 1 fully saturated rings. The summed E-state index contributed by atoms with van der Waals surface area (Å²) in [6.45, 7) is 5.35. The number of piperazine rings is 1. The number of rotatable bonds is 2. The molecule has 2 N–H and O–H groups in total. The van der Waals surface area contributed by atoms with Crippen LogP contribution in [0, 0.1) is 0 Å². The van der Waals surface area contributed by atoms with Gasteiger partial charge in [0.2, 0.25) is 0 Å². The van der Waals surface area contributed by atoms with E-state index in [0.717, 1.165) is 44.9 Å². The maximum absolute atomic E-state index is 5.44. The van der Waals surface area contributed by atoms with Crippen LogP contribution in [0.1, 0.15) is 12.0 Å². The average molecular weight is 247 g/mol. The third-order valence-electron chi connectivity index (χ3n) is 3.79. The van der Waals surface area contributed by atoms with Crippen molar-refractivity contribution in [2.45, 2.75) is 12.8 Å². The number of hydrogen-bond donors (Lipinski definition) is 2. The number of nitrogens with one attached hydrogen (secondary N) is 2. The van der Waals surface area contributed by atoms with Gasteiger partial charge >= 0.3 is 0 Å². The van der Waals surface area contributed by atoms with Crippen molar-refractivity contribution in [3.05, 3.63) is 17.7 Å². The molecular weight excluding hydrogens is 226 g/mol. The zero-order valence-electron chi connectivity index (χ0n) is 11.0. The van der Waals surface area contributed by atoms with E-state index in [1.165, 1.54) is 23.4 Å². The predicted molar refractivity (Wildman–Crippen MR) is 74.9 cm³/mol. The molecule has 4 heteroatoms. The maximum atomic E-state index is 5.44. The van der Waals surface area contributed by atoms with E-state index in [2.05, 4.69) is 27.7 Å². The van der Waals surface area contributed by atoms with Crippen molar-refractivity contribution >= 4 is 11.4 Å². The van der Waals surface area contributed by atoms with Gasteiger partial charge in [-0.1, -0.05) is 0 Å². The number of anilines is 2. The fourth-order valence-corrected chi connectivity index (χ4v) is 2.82. The van der Waals surface area contributed by atoms with Crippen LogP contribution in [0.4, 0.5) is 11.4 Å². The van der Waals surface area contributed by atoms with Crippen LogP contribution in [0.2, 0.25) is 0 Å². The van der Waals surface area contributed by atoms with Gasteiger partial charge in [0.05, 0.1) is 18.5 Å². The number of benzene rings is 1. The highest BCUT2D eigenvalue weighted by molar-refractivity contribution is 5.76. The van der Waals surface area contributed by atoms with Gasteiger partial charge < -0.3 is 20.3 Å². The summed E-state index contributed by atoms with van der Waals surface area (Å²) in [6.07, 6.45) is 2.36. The first kappa shape index (κ1) is 11.7. The second-order valence-corrected chi connectivity index (χ2v) is 4.95. The fourth-order valence-electron chi connectivity index (χ4n) is 2.82. The van der Waals surface area contributed by atoms with Gasteiger partial charge in [-0.15, -0.1) is 0 Å². The summed E-state index contributed by atoms with van der Waals surface area (Å²) >= 11 is 0. The van der Waals surface area contributed by atoms with Gasteiger partial charge in [0.15, 0.2) is 0 Å². The monoisotopic (exact) mass is 247 g/mol. The number of ether oxygens (including phenoxy) is 1. The van der Waals surface area contributed by atoms with E-state index in [1.807, 2.05) is 0 Å². The zero-order valence-corrected chi connectivity index (χ0v) is 11.0. The lowest BCUT2D eigenvalue weighted by Gasteiger charge is -2.33. The van der Waals surface area contributed by atoms with Gasteiger partial charge in [-0.3, -0.25) is 0 Å². The van der Waals surface area contributed by atoms with Crippen LogP contribution in [-0.2, 0) is 6.42 Å². The van der Waals surface area contributed by atoms with Crippen molar-refractivity contribution < 1.29 is 4.74 Å². The minimum absolute atomic E-state index is 0.978. The number of hydrogen-bond acceptors (Lipinski definition) is 4. The Kier molecular flexibility index (Phi) is 3.28. The summed E-state index contributed by atoms with van der Waals surface area (Å²) in [5.74, 6) is 0.978. The maximum Gasteiger partial charge on any atom is 0.121 e. The topological polar surface area (TPSA) is 36.5 Å². The lowest BCUT2D eigenvalue weighted by Crippen LogP contribution is -2.44. The summed E-state index contributed by atoms with van der Waals surface area (Å²) < 4.78 is 5.44. The van der Waals surface area contributed by atoms with Crippen molar-refractivity contribution in [2.75, 3.05) is 50.1 Å². The molecule has 0 aliphatic carbocycles. The Morgan fingerprint density at radius 3 is 2.78 bits per heavy atom. The van der Waals surface area contributed by atoms with E-state index in [9.17, 15) is 0 Å². The van der Waals surface area contributed by atoms with E-state index < -0.39 is 0 Å². The molecule has 3 rings (SSSR count). The van der Waals surface area contributed by atoms with Gasteiger partial charge in [-0.05, 0) is 24.5 Å². The molecule has 0 aromatic heterocycles. The molecule has 0 bridgehead atoms. The predicted octanol–water partition coefficient (Wildman–Crippen LogP) is 1.46. The van der Waals surface area contributed by atoms with E-state index in [4.69, 9.17) is 4.74 Å². The van der Waals surface area contributed by atoms with Crippen LogP contribution < -0.4 is 20.3 Å².